The molecule has 1 aliphatic rings. The second kappa shape index (κ2) is 5.05. The van der Waals surface area contributed by atoms with Gasteiger partial charge in [0, 0.05) is 23.9 Å². The number of halogens is 1. The molecule has 1 saturated heterocycles. The average molecular weight is 272 g/mol. The number of rotatable bonds is 2. The molecule has 0 radical (unpaired) electrons. The second-order valence-corrected chi connectivity index (χ2v) is 4.62. The Hall–Kier alpha value is -0.450. The third kappa shape index (κ3) is 2.56. The Bertz CT molecular complexity index is 326. The fourth-order valence-electron chi connectivity index (χ4n) is 1.87. The van der Waals surface area contributed by atoms with Gasteiger partial charge in [-0.2, -0.15) is 0 Å². The van der Waals surface area contributed by atoms with Crippen LogP contribution in [0.5, 0.6) is 0 Å². The molecule has 0 saturated carbocycles. The summed E-state index contributed by atoms with van der Waals surface area (Å²) < 4.78 is 6.15. The lowest BCUT2D eigenvalue weighted by Gasteiger charge is -2.26. The molecule has 0 amide bonds. The minimum Gasteiger partial charge on any atom is -0.386 e. The Morgan fingerprint density at radius 3 is 2.87 bits per heavy atom. The van der Waals surface area contributed by atoms with Crippen LogP contribution in [-0.4, -0.2) is 23.3 Å². The van der Waals surface area contributed by atoms with Gasteiger partial charge in [-0.1, -0.05) is 0 Å². The SMILES string of the molecule is OC(c1ncccc1Br)C1CCOCC1. The van der Waals surface area contributed by atoms with Crippen LogP contribution in [0.2, 0.25) is 0 Å². The molecule has 0 aliphatic carbocycles. The van der Waals surface area contributed by atoms with Crippen LogP contribution in [0.3, 0.4) is 0 Å². The predicted molar refractivity (Wildman–Crippen MR) is 60.4 cm³/mol. The Balaban J connectivity index is 2.12. The molecule has 1 aromatic heterocycles. The Morgan fingerprint density at radius 2 is 2.20 bits per heavy atom. The number of aliphatic hydroxyl groups is 1. The van der Waals surface area contributed by atoms with E-state index in [1.54, 1.807) is 6.20 Å². The van der Waals surface area contributed by atoms with E-state index in [9.17, 15) is 5.11 Å². The smallest absolute Gasteiger partial charge is 0.100 e. The van der Waals surface area contributed by atoms with Crippen LogP contribution in [-0.2, 0) is 4.74 Å². The number of nitrogens with zero attached hydrogens (tertiary/aromatic N) is 1. The number of pyridine rings is 1. The normalized spacial score (nSPS) is 20.1. The van der Waals surface area contributed by atoms with Crippen molar-refractivity contribution < 1.29 is 9.84 Å². The highest BCUT2D eigenvalue weighted by molar-refractivity contribution is 9.10. The Morgan fingerprint density at radius 1 is 1.47 bits per heavy atom. The van der Waals surface area contributed by atoms with Crippen molar-refractivity contribution in [2.45, 2.75) is 18.9 Å². The first kappa shape index (κ1) is 11.0. The molecule has 1 aromatic rings. The maximum Gasteiger partial charge on any atom is 0.100 e. The average Bonchev–Trinajstić information content (AvgIpc) is 2.30. The van der Waals surface area contributed by atoms with Gasteiger partial charge in [-0.05, 0) is 46.8 Å². The summed E-state index contributed by atoms with van der Waals surface area (Å²) in [4.78, 5) is 4.22. The molecule has 1 unspecified atom stereocenters. The molecule has 2 heterocycles. The lowest BCUT2D eigenvalue weighted by Crippen LogP contribution is -2.22. The highest BCUT2D eigenvalue weighted by atomic mass is 79.9. The van der Waals surface area contributed by atoms with Crippen LogP contribution in [0.1, 0.15) is 24.6 Å². The lowest BCUT2D eigenvalue weighted by atomic mass is 9.92. The fourth-order valence-corrected chi connectivity index (χ4v) is 2.36. The molecule has 15 heavy (non-hydrogen) atoms. The van der Waals surface area contributed by atoms with E-state index in [2.05, 4.69) is 20.9 Å². The Labute approximate surface area is 97.6 Å². The molecule has 3 nitrogen and oxygen atoms in total. The van der Waals surface area contributed by atoms with E-state index in [1.807, 2.05) is 12.1 Å². The van der Waals surface area contributed by atoms with Gasteiger partial charge in [0.15, 0.2) is 0 Å². The van der Waals surface area contributed by atoms with E-state index in [0.29, 0.717) is 0 Å². The number of aliphatic hydroxyl groups excluding tert-OH is 1. The van der Waals surface area contributed by atoms with Crippen LogP contribution in [0, 0.1) is 5.92 Å². The zero-order valence-electron chi connectivity index (χ0n) is 8.40. The first-order valence-corrected chi connectivity index (χ1v) is 5.94. The minimum atomic E-state index is -0.482. The van der Waals surface area contributed by atoms with Crippen LogP contribution < -0.4 is 0 Å². The van der Waals surface area contributed by atoms with Crippen molar-refractivity contribution in [2.24, 2.45) is 5.92 Å². The zero-order chi connectivity index (χ0) is 10.7. The van der Waals surface area contributed by atoms with Crippen LogP contribution in [0.4, 0.5) is 0 Å². The molecule has 1 atom stereocenters. The standard InChI is InChI=1S/C11H14BrNO2/c12-9-2-1-5-13-10(9)11(14)8-3-6-15-7-4-8/h1-2,5,8,11,14H,3-4,6-7H2. The summed E-state index contributed by atoms with van der Waals surface area (Å²) in [7, 11) is 0. The van der Waals surface area contributed by atoms with Gasteiger partial charge in [0.05, 0.1) is 5.69 Å². The highest BCUT2D eigenvalue weighted by Gasteiger charge is 2.25. The highest BCUT2D eigenvalue weighted by Crippen LogP contribution is 2.32. The van der Waals surface area contributed by atoms with Crippen molar-refractivity contribution in [1.29, 1.82) is 0 Å². The third-order valence-electron chi connectivity index (χ3n) is 2.78. The molecule has 0 bridgehead atoms. The zero-order valence-corrected chi connectivity index (χ0v) is 9.98. The van der Waals surface area contributed by atoms with Crippen molar-refractivity contribution in [3.05, 3.63) is 28.5 Å². The van der Waals surface area contributed by atoms with Gasteiger partial charge >= 0.3 is 0 Å². The Kier molecular flexibility index (Phi) is 3.72. The van der Waals surface area contributed by atoms with Gasteiger partial charge < -0.3 is 9.84 Å². The number of ether oxygens (including phenoxy) is 1. The van der Waals surface area contributed by atoms with E-state index in [4.69, 9.17) is 4.74 Å². The third-order valence-corrected chi connectivity index (χ3v) is 3.45. The number of hydrogen-bond donors (Lipinski definition) is 1. The van der Waals surface area contributed by atoms with Crippen molar-refractivity contribution in [2.75, 3.05) is 13.2 Å². The molecular formula is C11H14BrNO2. The summed E-state index contributed by atoms with van der Waals surface area (Å²) in [6.07, 6.45) is 3.04. The molecule has 0 aromatic carbocycles. The predicted octanol–water partition coefficient (Wildman–Crippen LogP) is 2.30. The summed E-state index contributed by atoms with van der Waals surface area (Å²) in [6.45, 7) is 1.48. The quantitative estimate of drug-likeness (QED) is 0.898. The maximum absolute atomic E-state index is 10.2. The number of hydrogen-bond acceptors (Lipinski definition) is 3. The van der Waals surface area contributed by atoms with Crippen LogP contribution >= 0.6 is 15.9 Å². The van der Waals surface area contributed by atoms with Gasteiger partial charge in [-0.15, -0.1) is 0 Å². The second-order valence-electron chi connectivity index (χ2n) is 3.77. The van der Waals surface area contributed by atoms with Gasteiger partial charge in [0.1, 0.15) is 6.10 Å². The van der Waals surface area contributed by atoms with Crippen molar-refractivity contribution in [1.82, 2.24) is 4.98 Å². The van der Waals surface area contributed by atoms with Crippen LogP contribution in [0.25, 0.3) is 0 Å². The largest absolute Gasteiger partial charge is 0.386 e. The van der Waals surface area contributed by atoms with E-state index in [0.717, 1.165) is 36.2 Å². The molecule has 82 valence electrons. The van der Waals surface area contributed by atoms with Crippen molar-refractivity contribution in [3.63, 3.8) is 0 Å². The summed E-state index contributed by atoms with van der Waals surface area (Å²) in [5.74, 6) is 0.268. The summed E-state index contributed by atoms with van der Waals surface area (Å²) >= 11 is 3.41. The summed E-state index contributed by atoms with van der Waals surface area (Å²) in [5.41, 5.74) is 0.740. The van der Waals surface area contributed by atoms with Crippen molar-refractivity contribution in [3.8, 4) is 0 Å². The van der Waals surface area contributed by atoms with E-state index in [-0.39, 0.29) is 5.92 Å². The fraction of sp³-hybridized carbons (Fsp3) is 0.545. The topological polar surface area (TPSA) is 42.4 Å². The summed E-state index contributed by atoms with van der Waals surface area (Å²) in [6, 6.07) is 3.76. The van der Waals surface area contributed by atoms with E-state index < -0.39 is 6.10 Å². The lowest BCUT2D eigenvalue weighted by molar-refractivity contribution is 0.00529. The van der Waals surface area contributed by atoms with Crippen LogP contribution in [0.15, 0.2) is 22.8 Å². The van der Waals surface area contributed by atoms with Gasteiger partial charge in [-0.3, -0.25) is 4.98 Å². The number of aromatic nitrogens is 1. The van der Waals surface area contributed by atoms with Gasteiger partial charge in [-0.25, -0.2) is 0 Å². The molecule has 1 fully saturated rings. The molecule has 4 heteroatoms. The first-order valence-electron chi connectivity index (χ1n) is 5.15. The molecular weight excluding hydrogens is 258 g/mol. The van der Waals surface area contributed by atoms with E-state index in [1.165, 1.54) is 0 Å². The molecule has 1 aliphatic heterocycles. The molecule has 0 spiro atoms. The van der Waals surface area contributed by atoms with Gasteiger partial charge in [0.2, 0.25) is 0 Å². The molecule has 2 rings (SSSR count). The minimum absolute atomic E-state index is 0.268. The maximum atomic E-state index is 10.2. The van der Waals surface area contributed by atoms with Crippen molar-refractivity contribution >= 4 is 15.9 Å². The first-order chi connectivity index (χ1) is 7.29. The van der Waals surface area contributed by atoms with Gasteiger partial charge in [0.25, 0.3) is 0 Å². The van der Waals surface area contributed by atoms with E-state index >= 15 is 0 Å². The molecule has 1 N–H and O–H groups in total. The monoisotopic (exact) mass is 271 g/mol. The summed E-state index contributed by atoms with van der Waals surface area (Å²) in [5, 5.41) is 10.2.